The zero-order chi connectivity index (χ0) is 13.7. The summed E-state index contributed by atoms with van der Waals surface area (Å²) in [6.45, 7) is 0.987. The average Bonchev–Trinajstić information content (AvgIpc) is 2.32. The number of aryl methyl sites for hydroxylation is 1. The maximum absolute atomic E-state index is 11.4. The topological polar surface area (TPSA) is 131 Å². The first-order valence-electron chi connectivity index (χ1n) is 5.05. The van der Waals surface area contributed by atoms with Crippen LogP contribution in [0, 0.1) is 18.3 Å². The smallest absolute Gasteiger partial charge is 0.328 e. The van der Waals surface area contributed by atoms with Crippen LogP contribution < -0.4 is 17.0 Å². The summed E-state index contributed by atoms with van der Waals surface area (Å²) in [6.07, 6.45) is 1.30. The van der Waals surface area contributed by atoms with Gasteiger partial charge in [-0.25, -0.2) is 4.79 Å². The molecule has 0 saturated heterocycles. The number of aromatic nitrogens is 2. The van der Waals surface area contributed by atoms with Gasteiger partial charge in [0.15, 0.2) is 6.61 Å². The van der Waals surface area contributed by atoms with Crippen molar-refractivity contribution in [3.05, 3.63) is 32.6 Å². The molecule has 9 heteroatoms. The molecule has 104 valence electrons. The van der Waals surface area contributed by atoms with Crippen molar-refractivity contribution >= 4 is 18.4 Å². The van der Waals surface area contributed by atoms with Crippen molar-refractivity contribution in [1.82, 2.24) is 9.55 Å². The number of nitrogens with two attached hydrogens (primary N) is 1. The number of nitrogens with zero attached hydrogens (tertiary/aromatic N) is 2. The number of H-pyrrole nitrogens is 1. The van der Waals surface area contributed by atoms with Gasteiger partial charge in [0.25, 0.3) is 5.56 Å². The molecule has 0 aliphatic carbocycles. The Morgan fingerprint density at radius 3 is 2.84 bits per heavy atom. The number of rotatable bonds is 4. The van der Waals surface area contributed by atoms with Gasteiger partial charge in [0.1, 0.15) is 12.1 Å². The predicted molar refractivity (Wildman–Crippen MR) is 67.9 cm³/mol. The van der Waals surface area contributed by atoms with Crippen LogP contribution in [0.2, 0.25) is 0 Å². The van der Waals surface area contributed by atoms with Crippen LogP contribution >= 0.6 is 12.4 Å². The van der Waals surface area contributed by atoms with Gasteiger partial charge in [0.05, 0.1) is 6.54 Å². The van der Waals surface area contributed by atoms with E-state index in [1.54, 1.807) is 6.07 Å². The van der Waals surface area contributed by atoms with E-state index < -0.39 is 29.9 Å². The molecule has 0 aliphatic heterocycles. The van der Waals surface area contributed by atoms with Gasteiger partial charge in [-0.05, 0) is 6.92 Å². The van der Waals surface area contributed by atoms with Crippen LogP contribution in [0.5, 0.6) is 0 Å². The Morgan fingerprint density at radius 1 is 1.63 bits per heavy atom. The lowest BCUT2D eigenvalue weighted by atomic mass is 10.3. The van der Waals surface area contributed by atoms with Gasteiger partial charge in [0.2, 0.25) is 0 Å². The lowest BCUT2D eigenvalue weighted by Crippen LogP contribution is -2.41. The summed E-state index contributed by atoms with van der Waals surface area (Å²) >= 11 is 0. The van der Waals surface area contributed by atoms with Gasteiger partial charge in [-0.2, -0.15) is 5.26 Å². The minimum absolute atomic E-state index is 0. The lowest BCUT2D eigenvalue weighted by Gasteiger charge is -2.11. The van der Waals surface area contributed by atoms with E-state index in [1.807, 2.05) is 0 Å². The summed E-state index contributed by atoms with van der Waals surface area (Å²) in [5, 5.41) is 8.23. The summed E-state index contributed by atoms with van der Waals surface area (Å²) in [7, 11) is 0. The molecule has 19 heavy (non-hydrogen) atoms. The van der Waals surface area contributed by atoms with Gasteiger partial charge in [-0.15, -0.1) is 12.4 Å². The molecule has 0 amide bonds. The summed E-state index contributed by atoms with van der Waals surface area (Å²) in [4.78, 5) is 35.9. The van der Waals surface area contributed by atoms with E-state index in [-0.39, 0.29) is 19.0 Å². The fourth-order valence-electron chi connectivity index (χ4n) is 1.25. The zero-order valence-corrected chi connectivity index (χ0v) is 10.9. The van der Waals surface area contributed by atoms with Gasteiger partial charge in [-0.1, -0.05) is 0 Å². The Labute approximate surface area is 114 Å². The number of esters is 1. The number of hydrogen-bond donors (Lipinski definition) is 2. The van der Waals surface area contributed by atoms with Crippen LogP contribution in [0.15, 0.2) is 15.8 Å². The first kappa shape index (κ1) is 16.9. The number of nitriles is 1. The molecular formula is C10H13ClN4O4. The fourth-order valence-corrected chi connectivity index (χ4v) is 1.25. The molecule has 0 unspecified atom stereocenters. The Balaban J connectivity index is 0.00000324. The van der Waals surface area contributed by atoms with Crippen LogP contribution in [0.25, 0.3) is 0 Å². The zero-order valence-electron chi connectivity index (χ0n) is 10.1. The molecule has 1 rings (SSSR count). The van der Waals surface area contributed by atoms with Crippen LogP contribution in [-0.2, 0) is 16.1 Å². The summed E-state index contributed by atoms with van der Waals surface area (Å²) in [5.74, 6) is -0.785. The Kier molecular flexibility index (Phi) is 6.54. The largest absolute Gasteiger partial charge is 0.449 e. The second kappa shape index (κ2) is 7.35. The number of nitrogens with one attached hydrogen (secondary N) is 1. The molecule has 3 N–H and O–H groups in total. The normalized spacial score (nSPS) is 11.0. The van der Waals surface area contributed by atoms with E-state index in [9.17, 15) is 14.4 Å². The highest BCUT2D eigenvalue weighted by Crippen LogP contribution is 1.91. The Morgan fingerprint density at radius 2 is 2.26 bits per heavy atom. The van der Waals surface area contributed by atoms with E-state index >= 15 is 0 Å². The van der Waals surface area contributed by atoms with Gasteiger partial charge in [-0.3, -0.25) is 19.1 Å². The Hall–Kier alpha value is -2.11. The number of ether oxygens (including phenoxy) is 1. The highest BCUT2D eigenvalue weighted by molar-refractivity contribution is 5.85. The second-order valence-corrected chi connectivity index (χ2v) is 3.60. The van der Waals surface area contributed by atoms with Crippen molar-refractivity contribution in [3.8, 4) is 6.07 Å². The van der Waals surface area contributed by atoms with E-state index in [2.05, 4.69) is 9.72 Å². The molecule has 0 aliphatic rings. The van der Waals surface area contributed by atoms with Crippen LogP contribution in [0.1, 0.15) is 5.56 Å². The standard InChI is InChI=1S/C10H12N4O4.ClH/c1-6-4-14(10(17)13-8(6)15)5-7(12)9(16)18-3-2-11;/h4,7H,3,5,12H2,1H3,(H,13,15,17);1H/t7-;/m0./s1. The Bertz CT molecular complexity index is 601. The lowest BCUT2D eigenvalue weighted by molar-refractivity contribution is -0.144. The molecule has 0 spiro atoms. The van der Waals surface area contributed by atoms with Gasteiger partial charge < -0.3 is 10.5 Å². The minimum Gasteiger partial charge on any atom is -0.449 e. The molecule has 1 aromatic heterocycles. The monoisotopic (exact) mass is 288 g/mol. The molecule has 1 aromatic rings. The van der Waals surface area contributed by atoms with Crippen molar-refractivity contribution in [2.24, 2.45) is 5.73 Å². The number of carbonyl (C=O) groups is 1. The maximum Gasteiger partial charge on any atom is 0.328 e. The summed E-state index contributed by atoms with van der Waals surface area (Å²) in [6, 6.07) is 0.549. The molecule has 1 atom stereocenters. The third-order valence-corrected chi connectivity index (χ3v) is 2.16. The number of aromatic amines is 1. The molecule has 0 saturated carbocycles. The quantitative estimate of drug-likeness (QED) is 0.659. The van der Waals surface area contributed by atoms with E-state index in [4.69, 9.17) is 11.0 Å². The molecule has 0 radical (unpaired) electrons. The molecular weight excluding hydrogens is 276 g/mol. The maximum atomic E-state index is 11.4. The first-order valence-corrected chi connectivity index (χ1v) is 5.05. The highest BCUT2D eigenvalue weighted by Gasteiger charge is 2.16. The van der Waals surface area contributed by atoms with E-state index in [0.717, 1.165) is 4.57 Å². The van der Waals surface area contributed by atoms with E-state index in [0.29, 0.717) is 5.56 Å². The van der Waals surface area contributed by atoms with Crippen molar-refractivity contribution in [3.63, 3.8) is 0 Å². The van der Waals surface area contributed by atoms with Crippen LogP contribution in [0.4, 0.5) is 0 Å². The third-order valence-electron chi connectivity index (χ3n) is 2.16. The van der Waals surface area contributed by atoms with Gasteiger partial charge >= 0.3 is 11.7 Å². The summed E-state index contributed by atoms with van der Waals surface area (Å²) in [5.41, 5.74) is 4.69. The minimum atomic E-state index is -1.08. The van der Waals surface area contributed by atoms with Crippen molar-refractivity contribution in [1.29, 1.82) is 5.26 Å². The van der Waals surface area contributed by atoms with Crippen LogP contribution in [0.3, 0.4) is 0 Å². The highest BCUT2D eigenvalue weighted by atomic mass is 35.5. The third kappa shape index (κ3) is 4.57. The van der Waals surface area contributed by atoms with Crippen molar-refractivity contribution in [2.45, 2.75) is 19.5 Å². The molecule has 0 bridgehead atoms. The molecule has 1 heterocycles. The van der Waals surface area contributed by atoms with Crippen LogP contribution in [-0.4, -0.2) is 28.2 Å². The molecule has 8 nitrogen and oxygen atoms in total. The molecule has 0 fully saturated rings. The SMILES string of the molecule is Cc1cn(C[C@H](N)C(=O)OCC#N)c(=O)[nH]c1=O.Cl. The summed E-state index contributed by atoms with van der Waals surface area (Å²) < 4.78 is 5.61. The van der Waals surface area contributed by atoms with Crippen molar-refractivity contribution in [2.75, 3.05) is 6.61 Å². The number of carbonyl (C=O) groups excluding carboxylic acids is 1. The van der Waals surface area contributed by atoms with Gasteiger partial charge in [0, 0.05) is 11.8 Å². The predicted octanol–water partition coefficient (Wildman–Crippen LogP) is -1.34. The molecule has 0 aromatic carbocycles. The van der Waals surface area contributed by atoms with E-state index in [1.165, 1.54) is 13.1 Å². The first-order chi connectivity index (χ1) is 8.45. The fraction of sp³-hybridized carbons (Fsp3) is 0.400. The average molecular weight is 289 g/mol. The number of halogens is 1. The number of hydrogen-bond acceptors (Lipinski definition) is 6. The second-order valence-electron chi connectivity index (χ2n) is 3.60. The van der Waals surface area contributed by atoms with Crippen molar-refractivity contribution < 1.29 is 9.53 Å².